The van der Waals surface area contributed by atoms with Crippen LogP contribution in [0.5, 0.6) is 0 Å². The number of allylic oxidation sites excluding steroid dienone is 1. The second-order valence-corrected chi connectivity index (χ2v) is 13.0. The lowest BCUT2D eigenvalue weighted by molar-refractivity contribution is -0.224. The first-order valence-electron chi connectivity index (χ1n) is 12.5. The van der Waals surface area contributed by atoms with Crippen molar-refractivity contribution in [2.24, 2.45) is 16.7 Å². The van der Waals surface area contributed by atoms with Crippen LogP contribution in [0.1, 0.15) is 90.2 Å². The molecule has 1 heterocycles. The summed E-state index contributed by atoms with van der Waals surface area (Å²) in [7, 11) is 0. The van der Waals surface area contributed by atoms with E-state index in [-0.39, 0.29) is 22.3 Å². The molecular weight excluding hydrogens is 434 g/mol. The Kier molecular flexibility index (Phi) is 5.11. The fourth-order valence-corrected chi connectivity index (χ4v) is 7.34. The number of carbonyl (C=O) groups excluding carboxylic acids is 1. The molecule has 178 valence electrons. The van der Waals surface area contributed by atoms with Gasteiger partial charge in [-0.15, -0.1) is 0 Å². The van der Waals surface area contributed by atoms with Gasteiger partial charge in [-0.1, -0.05) is 57.8 Å². The van der Waals surface area contributed by atoms with Crippen molar-refractivity contribution in [2.75, 3.05) is 0 Å². The van der Waals surface area contributed by atoms with Gasteiger partial charge in [0.05, 0.1) is 11.0 Å². The van der Waals surface area contributed by atoms with Gasteiger partial charge in [0.15, 0.2) is 0 Å². The van der Waals surface area contributed by atoms with E-state index >= 15 is 0 Å². The first-order valence-corrected chi connectivity index (χ1v) is 12.8. The zero-order valence-electron chi connectivity index (χ0n) is 20.3. The first-order chi connectivity index (χ1) is 15.4. The van der Waals surface area contributed by atoms with Gasteiger partial charge >= 0.3 is 5.97 Å². The molecule has 5 aliphatic rings. The van der Waals surface area contributed by atoms with Gasteiger partial charge in [0, 0.05) is 23.1 Å². The Balaban J connectivity index is 1.46. The smallest absolute Gasteiger partial charge is 0.309 e. The highest BCUT2D eigenvalue weighted by molar-refractivity contribution is 6.31. The number of carboxylic acids is 1. The van der Waals surface area contributed by atoms with E-state index in [0.29, 0.717) is 31.6 Å². The van der Waals surface area contributed by atoms with Crippen LogP contribution in [0.3, 0.4) is 0 Å². The van der Waals surface area contributed by atoms with E-state index < -0.39 is 11.4 Å². The van der Waals surface area contributed by atoms with Gasteiger partial charge in [-0.25, -0.2) is 0 Å². The van der Waals surface area contributed by atoms with Crippen LogP contribution in [0.4, 0.5) is 0 Å². The Hall–Kier alpha value is -1.81. The Labute approximate surface area is 202 Å². The summed E-state index contributed by atoms with van der Waals surface area (Å²) in [6, 6.07) is 6.50. The predicted molar refractivity (Wildman–Crippen MR) is 130 cm³/mol. The maximum atomic E-state index is 13.5. The maximum Gasteiger partial charge on any atom is 0.309 e. The second-order valence-electron chi connectivity index (χ2n) is 12.6. The van der Waals surface area contributed by atoms with Crippen LogP contribution in [0.15, 0.2) is 30.0 Å². The molecular formula is C28H36ClNO3. The van der Waals surface area contributed by atoms with Crippen molar-refractivity contribution in [3.8, 4) is 0 Å². The molecule has 0 radical (unpaired) electrons. The number of amides is 1. The summed E-state index contributed by atoms with van der Waals surface area (Å²) in [6.45, 7) is 9.02. The molecule has 0 aromatic heterocycles. The van der Waals surface area contributed by atoms with E-state index in [1.54, 1.807) is 0 Å². The third-order valence-corrected chi connectivity index (χ3v) is 9.38. The first kappa shape index (κ1) is 23.0. The van der Waals surface area contributed by atoms with Crippen LogP contribution >= 0.6 is 11.6 Å². The number of carbonyl (C=O) groups is 2. The van der Waals surface area contributed by atoms with Crippen molar-refractivity contribution in [2.45, 2.75) is 96.4 Å². The molecule has 4 saturated carbocycles. The van der Waals surface area contributed by atoms with Crippen LogP contribution in [-0.4, -0.2) is 27.4 Å². The molecule has 1 aliphatic heterocycles. The van der Waals surface area contributed by atoms with Gasteiger partial charge in [-0.2, -0.15) is 0 Å². The molecule has 2 unspecified atom stereocenters. The van der Waals surface area contributed by atoms with E-state index in [9.17, 15) is 14.7 Å². The molecule has 1 aromatic rings. The molecule has 5 heteroatoms. The van der Waals surface area contributed by atoms with E-state index in [0.717, 1.165) is 42.7 Å². The number of nitrogens with zero attached hydrogens (tertiary/aromatic N) is 1. The summed E-state index contributed by atoms with van der Waals surface area (Å²) in [6.07, 6.45) is 9.60. The summed E-state index contributed by atoms with van der Waals surface area (Å²) >= 11 is 6.79. The number of halogens is 1. The van der Waals surface area contributed by atoms with Crippen molar-refractivity contribution >= 4 is 23.5 Å². The van der Waals surface area contributed by atoms with Crippen molar-refractivity contribution in [1.82, 2.24) is 4.90 Å². The molecule has 1 amide bonds. The number of carboxylic acid groups (broad SMARTS) is 1. The number of benzene rings is 1. The lowest BCUT2D eigenvalue weighted by Gasteiger charge is -2.71. The van der Waals surface area contributed by atoms with Crippen molar-refractivity contribution < 1.29 is 14.7 Å². The average molecular weight is 470 g/mol. The lowest BCUT2D eigenvalue weighted by atomic mass is 9.38. The maximum absolute atomic E-state index is 13.5. The highest BCUT2D eigenvalue weighted by Gasteiger charge is 2.75. The Morgan fingerprint density at radius 3 is 2.55 bits per heavy atom. The van der Waals surface area contributed by atoms with Crippen molar-refractivity contribution in [3.05, 3.63) is 46.1 Å². The van der Waals surface area contributed by atoms with Crippen LogP contribution < -0.4 is 0 Å². The van der Waals surface area contributed by atoms with E-state index in [1.165, 1.54) is 11.1 Å². The molecule has 1 aromatic carbocycles. The minimum atomic E-state index is -0.706. The molecule has 2 atom stereocenters. The number of hydrogen-bond acceptors (Lipinski definition) is 2. The fraction of sp³-hybridized carbons (Fsp3) is 0.643. The molecule has 1 N–H and O–H groups in total. The lowest BCUT2D eigenvalue weighted by Crippen LogP contribution is -2.77. The molecule has 4 fully saturated rings. The molecule has 4 nitrogen and oxygen atoms in total. The topological polar surface area (TPSA) is 57.6 Å². The standard InChI is InChI=1S/C28H36ClNO3/c1-18-6-5-10-28(20-8-7-19(22(29)12-20)9-11-25(2,3)4)13-23(31)30(14-21(18)28)27-15-26(16-27,17-27)24(32)33/h7-8,12,14,18H,5-6,9-11,13,15-17H2,1-4H3,(H,32,33). The zero-order chi connectivity index (χ0) is 23.8. The fourth-order valence-electron chi connectivity index (χ4n) is 7.07. The Morgan fingerprint density at radius 1 is 1.24 bits per heavy atom. The molecule has 33 heavy (non-hydrogen) atoms. The van der Waals surface area contributed by atoms with Crippen LogP contribution in [0.25, 0.3) is 0 Å². The SMILES string of the molecule is CC1CCCC2(c3ccc(CCC(C)(C)C)c(Cl)c3)CC(=O)N(C34CC(C(=O)O)(C3)C4)C=C12. The minimum absolute atomic E-state index is 0.138. The van der Waals surface area contributed by atoms with Gasteiger partial charge in [0.25, 0.3) is 0 Å². The number of hydrogen-bond donors (Lipinski definition) is 1. The highest BCUT2D eigenvalue weighted by Crippen LogP contribution is 2.71. The zero-order valence-corrected chi connectivity index (χ0v) is 21.1. The number of fused-ring (bicyclic) bond motifs is 1. The highest BCUT2D eigenvalue weighted by atomic mass is 35.5. The van der Waals surface area contributed by atoms with Crippen LogP contribution in [0, 0.1) is 16.7 Å². The molecule has 4 aliphatic carbocycles. The minimum Gasteiger partial charge on any atom is -0.481 e. The van der Waals surface area contributed by atoms with E-state index in [1.807, 2.05) is 4.90 Å². The van der Waals surface area contributed by atoms with Crippen molar-refractivity contribution in [1.29, 1.82) is 0 Å². The number of rotatable bonds is 5. The van der Waals surface area contributed by atoms with Gasteiger partial charge < -0.3 is 10.0 Å². The molecule has 0 saturated heterocycles. The van der Waals surface area contributed by atoms with E-state index in [4.69, 9.17) is 11.6 Å². The Morgan fingerprint density at radius 2 is 1.94 bits per heavy atom. The summed E-state index contributed by atoms with van der Waals surface area (Å²) in [5, 5.41) is 10.3. The van der Waals surface area contributed by atoms with Gasteiger partial charge in [0.1, 0.15) is 0 Å². The number of aliphatic carboxylic acids is 1. The normalized spacial score (nSPS) is 35.3. The third-order valence-electron chi connectivity index (χ3n) is 9.03. The Bertz CT molecular complexity index is 1030. The van der Waals surface area contributed by atoms with Crippen LogP contribution in [-0.2, 0) is 21.4 Å². The second kappa shape index (κ2) is 7.34. The van der Waals surface area contributed by atoms with Crippen LogP contribution in [0.2, 0.25) is 5.02 Å². The summed E-state index contributed by atoms with van der Waals surface area (Å²) in [5.41, 5.74) is 2.80. The summed E-state index contributed by atoms with van der Waals surface area (Å²) < 4.78 is 0. The summed E-state index contributed by atoms with van der Waals surface area (Å²) in [4.78, 5) is 27.1. The average Bonchev–Trinajstić information content (AvgIpc) is 2.65. The molecule has 6 rings (SSSR count). The largest absolute Gasteiger partial charge is 0.481 e. The van der Waals surface area contributed by atoms with Gasteiger partial charge in [0.2, 0.25) is 5.91 Å². The van der Waals surface area contributed by atoms with E-state index in [2.05, 4.69) is 52.1 Å². The number of aryl methyl sites for hydroxylation is 1. The van der Waals surface area contributed by atoms with Gasteiger partial charge in [-0.3, -0.25) is 9.59 Å². The summed E-state index contributed by atoms with van der Waals surface area (Å²) in [5.74, 6) is -0.169. The predicted octanol–water partition coefficient (Wildman–Crippen LogP) is 6.50. The third kappa shape index (κ3) is 3.47. The quantitative estimate of drug-likeness (QED) is 0.535. The molecule has 2 bridgehead atoms. The van der Waals surface area contributed by atoms with Crippen molar-refractivity contribution in [3.63, 3.8) is 0 Å². The van der Waals surface area contributed by atoms with Gasteiger partial charge in [-0.05, 0) is 79.0 Å². The monoisotopic (exact) mass is 469 g/mol. The molecule has 0 spiro atoms.